The number of carbonyl (C=O) groups excluding carboxylic acids is 3. The van der Waals surface area contributed by atoms with Crippen LogP contribution in [0.3, 0.4) is 0 Å². The van der Waals surface area contributed by atoms with Gasteiger partial charge in [0.15, 0.2) is 5.75 Å². The molecule has 10 heteroatoms. The normalized spacial score (nSPS) is 14.6. The van der Waals surface area contributed by atoms with Gasteiger partial charge in [0.05, 0.1) is 21.3 Å². The van der Waals surface area contributed by atoms with Crippen LogP contribution in [0.5, 0.6) is 5.75 Å². The Kier molecular flexibility index (Phi) is 7.61. The first-order valence-electron chi connectivity index (χ1n) is 11.1. The molecule has 0 bridgehead atoms. The summed E-state index contributed by atoms with van der Waals surface area (Å²) in [5.41, 5.74) is 2.29. The maximum atomic E-state index is 13.1. The second-order valence-corrected chi connectivity index (χ2v) is 8.90. The minimum Gasteiger partial charge on any atom is -0.486 e. The van der Waals surface area contributed by atoms with E-state index in [4.69, 9.17) is 33.0 Å². The number of hydrogen-bond acceptors (Lipinski definition) is 5. The number of nitrogens with zero attached hydrogens (tertiary/aromatic N) is 1. The van der Waals surface area contributed by atoms with Crippen molar-refractivity contribution in [3.63, 3.8) is 0 Å². The van der Waals surface area contributed by atoms with Crippen molar-refractivity contribution in [1.82, 2.24) is 5.32 Å². The fourth-order valence-electron chi connectivity index (χ4n) is 3.64. The number of nitrogens with one attached hydrogen (secondary N) is 1. The molecule has 188 valence electrons. The number of halogens is 2. The van der Waals surface area contributed by atoms with Crippen molar-refractivity contribution < 1.29 is 29.0 Å². The highest BCUT2D eigenvalue weighted by Crippen LogP contribution is 2.36. The predicted molar refractivity (Wildman–Crippen MR) is 139 cm³/mol. The molecule has 37 heavy (non-hydrogen) atoms. The minimum atomic E-state index is -1.03. The first kappa shape index (κ1) is 25.9. The Morgan fingerprint density at radius 2 is 1.57 bits per heavy atom. The molecule has 1 saturated heterocycles. The van der Waals surface area contributed by atoms with Gasteiger partial charge >= 0.3 is 12.0 Å². The Morgan fingerprint density at radius 1 is 0.973 bits per heavy atom. The molecule has 8 nitrogen and oxygen atoms in total. The average Bonchev–Trinajstić information content (AvgIpc) is 2.86. The first-order chi connectivity index (χ1) is 17.7. The third kappa shape index (κ3) is 5.66. The molecular weight excluding hydrogens is 519 g/mol. The number of carbonyl (C=O) groups is 4. The monoisotopic (exact) mass is 538 g/mol. The smallest absolute Gasteiger partial charge is 0.335 e. The van der Waals surface area contributed by atoms with Crippen LogP contribution >= 0.6 is 23.2 Å². The van der Waals surface area contributed by atoms with Crippen LogP contribution in [0.25, 0.3) is 6.08 Å². The number of carboxylic acids is 1. The van der Waals surface area contributed by atoms with Crippen LogP contribution in [-0.4, -0.2) is 28.9 Å². The second kappa shape index (κ2) is 10.9. The fourth-order valence-corrected chi connectivity index (χ4v) is 4.25. The van der Waals surface area contributed by atoms with E-state index in [1.807, 2.05) is 6.92 Å². The molecule has 4 rings (SSSR count). The molecule has 1 fully saturated rings. The van der Waals surface area contributed by atoms with Gasteiger partial charge in [0.1, 0.15) is 12.2 Å². The van der Waals surface area contributed by atoms with Crippen LogP contribution < -0.4 is 15.0 Å². The minimum absolute atomic E-state index is 0.0779. The second-order valence-electron chi connectivity index (χ2n) is 8.08. The molecular formula is C27H20Cl2N2O6. The topological polar surface area (TPSA) is 113 Å². The molecule has 0 spiro atoms. The number of imide groups is 2. The van der Waals surface area contributed by atoms with Gasteiger partial charge in [0.2, 0.25) is 0 Å². The zero-order valence-electron chi connectivity index (χ0n) is 19.5. The van der Waals surface area contributed by atoms with Gasteiger partial charge in [0, 0.05) is 0 Å². The highest BCUT2D eigenvalue weighted by Gasteiger charge is 2.36. The van der Waals surface area contributed by atoms with E-state index in [0.29, 0.717) is 16.8 Å². The molecule has 0 aromatic heterocycles. The highest BCUT2D eigenvalue weighted by atomic mass is 35.5. The predicted octanol–water partition coefficient (Wildman–Crippen LogP) is 5.50. The number of carboxylic acid groups (broad SMARTS) is 1. The maximum Gasteiger partial charge on any atom is 0.335 e. The van der Waals surface area contributed by atoms with Gasteiger partial charge in [-0.05, 0) is 65.6 Å². The first-order valence-corrected chi connectivity index (χ1v) is 11.9. The average molecular weight is 539 g/mol. The van der Waals surface area contributed by atoms with Gasteiger partial charge in [-0.3, -0.25) is 14.9 Å². The van der Waals surface area contributed by atoms with E-state index < -0.39 is 23.8 Å². The Labute approximate surface area is 222 Å². The number of barbiturate groups is 1. The highest BCUT2D eigenvalue weighted by molar-refractivity contribution is 6.40. The summed E-state index contributed by atoms with van der Waals surface area (Å²) in [6.45, 7) is 2.06. The Morgan fingerprint density at radius 3 is 2.14 bits per heavy atom. The van der Waals surface area contributed by atoms with E-state index >= 15 is 0 Å². The van der Waals surface area contributed by atoms with Crippen LogP contribution in [0, 0.1) is 0 Å². The summed E-state index contributed by atoms with van der Waals surface area (Å²) >= 11 is 12.7. The molecule has 2 N–H and O–H groups in total. The van der Waals surface area contributed by atoms with Crippen molar-refractivity contribution in [1.29, 1.82) is 0 Å². The van der Waals surface area contributed by atoms with Crippen LogP contribution in [0.1, 0.15) is 34.0 Å². The van der Waals surface area contributed by atoms with Crippen LogP contribution in [-0.2, 0) is 22.6 Å². The van der Waals surface area contributed by atoms with E-state index in [1.54, 1.807) is 36.4 Å². The molecule has 3 aromatic carbocycles. The largest absolute Gasteiger partial charge is 0.486 e. The molecule has 0 aliphatic carbocycles. The van der Waals surface area contributed by atoms with E-state index in [0.717, 1.165) is 16.9 Å². The molecule has 1 aliphatic rings. The van der Waals surface area contributed by atoms with Crippen molar-refractivity contribution in [2.75, 3.05) is 4.90 Å². The summed E-state index contributed by atoms with van der Waals surface area (Å²) in [4.78, 5) is 49.9. The molecule has 1 aliphatic heterocycles. The van der Waals surface area contributed by atoms with Crippen molar-refractivity contribution in [3.05, 3.63) is 98.5 Å². The van der Waals surface area contributed by atoms with Crippen molar-refractivity contribution in [2.24, 2.45) is 0 Å². The zero-order chi connectivity index (χ0) is 26.7. The molecule has 4 amide bonds. The number of aryl methyl sites for hydroxylation is 1. The lowest BCUT2D eigenvalue weighted by molar-refractivity contribution is -0.122. The van der Waals surface area contributed by atoms with E-state index in [2.05, 4.69) is 5.32 Å². The number of anilines is 1. The third-order valence-corrected chi connectivity index (χ3v) is 6.18. The van der Waals surface area contributed by atoms with Crippen molar-refractivity contribution in [3.8, 4) is 5.75 Å². The maximum absolute atomic E-state index is 13.1. The summed E-state index contributed by atoms with van der Waals surface area (Å²) < 4.78 is 5.72. The number of hydrogen-bond donors (Lipinski definition) is 2. The Hall–Kier alpha value is -4.14. The Balaban J connectivity index is 1.56. The van der Waals surface area contributed by atoms with Gasteiger partial charge in [-0.1, -0.05) is 54.4 Å². The van der Waals surface area contributed by atoms with Crippen molar-refractivity contribution in [2.45, 2.75) is 20.0 Å². The SMILES string of the molecule is CCc1ccc(N2C(=O)NC(=O)/C(=C\c3cc(Cl)c(OCc4ccc(C(=O)O)cc4)c(Cl)c3)C2=O)cc1. The number of ether oxygens (including phenoxy) is 1. The lowest BCUT2D eigenvalue weighted by atomic mass is 10.1. The lowest BCUT2D eigenvalue weighted by Crippen LogP contribution is -2.54. The number of amides is 4. The summed E-state index contributed by atoms with van der Waals surface area (Å²) in [6, 6.07) is 15.1. The fraction of sp³-hybridized carbons (Fsp3) is 0.111. The zero-order valence-corrected chi connectivity index (χ0v) is 21.0. The van der Waals surface area contributed by atoms with Crippen LogP contribution in [0.2, 0.25) is 10.0 Å². The molecule has 0 unspecified atom stereocenters. The molecule has 0 radical (unpaired) electrons. The third-order valence-electron chi connectivity index (χ3n) is 5.62. The number of rotatable bonds is 7. The van der Waals surface area contributed by atoms with Gasteiger partial charge in [-0.2, -0.15) is 0 Å². The molecule has 3 aromatic rings. The molecule has 0 atom stereocenters. The number of urea groups is 1. The summed E-state index contributed by atoms with van der Waals surface area (Å²) in [6.07, 6.45) is 2.09. The number of benzene rings is 3. The van der Waals surface area contributed by atoms with Gasteiger partial charge in [0.25, 0.3) is 11.8 Å². The van der Waals surface area contributed by atoms with Gasteiger partial charge in [-0.15, -0.1) is 0 Å². The van der Waals surface area contributed by atoms with Crippen LogP contribution in [0.15, 0.2) is 66.2 Å². The van der Waals surface area contributed by atoms with Gasteiger partial charge in [-0.25, -0.2) is 14.5 Å². The number of aromatic carboxylic acids is 1. The molecule has 0 saturated carbocycles. The summed E-state index contributed by atoms with van der Waals surface area (Å²) in [5, 5.41) is 11.4. The standard InChI is InChI=1S/C27H20Cl2N2O6/c1-2-15-5-9-19(10-6-15)31-25(33)20(24(32)30-27(31)36)11-17-12-21(28)23(22(29)13-17)37-14-16-3-7-18(8-4-16)26(34)35/h3-13H,2,14H2,1H3,(H,34,35)(H,30,32,36)/b20-11+. The van der Waals surface area contributed by atoms with Crippen LogP contribution in [0.4, 0.5) is 10.5 Å². The molecule has 1 heterocycles. The summed E-state index contributed by atoms with van der Waals surface area (Å²) in [7, 11) is 0. The van der Waals surface area contributed by atoms with Gasteiger partial charge < -0.3 is 9.84 Å². The quantitative estimate of drug-likeness (QED) is 0.303. The van der Waals surface area contributed by atoms with E-state index in [-0.39, 0.29) is 33.5 Å². The van der Waals surface area contributed by atoms with E-state index in [9.17, 15) is 19.2 Å². The van der Waals surface area contributed by atoms with Crippen molar-refractivity contribution >= 4 is 58.8 Å². The Bertz CT molecular complexity index is 1410. The lowest BCUT2D eigenvalue weighted by Gasteiger charge is -2.26. The summed E-state index contributed by atoms with van der Waals surface area (Å²) in [5.74, 6) is -2.47. The van der Waals surface area contributed by atoms with E-state index in [1.165, 1.54) is 30.3 Å².